The van der Waals surface area contributed by atoms with Crippen molar-refractivity contribution in [2.45, 2.75) is 52.7 Å². The van der Waals surface area contributed by atoms with Crippen LogP contribution in [0, 0.1) is 0 Å². The molecule has 0 spiro atoms. The summed E-state index contributed by atoms with van der Waals surface area (Å²) in [6.07, 6.45) is -1.23. The molecule has 0 rings (SSSR count). The van der Waals surface area contributed by atoms with Gasteiger partial charge in [0.2, 0.25) is 0 Å². The number of hydrogen-bond acceptors (Lipinski definition) is 6. The van der Waals surface area contributed by atoms with Crippen LogP contribution in [0.4, 0.5) is 4.79 Å². The molecule has 0 unspecified atom stereocenters. The lowest BCUT2D eigenvalue weighted by Gasteiger charge is -2.20. The van der Waals surface area contributed by atoms with E-state index in [1.54, 1.807) is 41.5 Å². The molecule has 0 N–H and O–H groups in total. The van der Waals surface area contributed by atoms with Gasteiger partial charge in [-0.3, -0.25) is 0 Å². The minimum atomic E-state index is -1.39. The molecule has 98 valence electrons. The summed E-state index contributed by atoms with van der Waals surface area (Å²) >= 11 is 0. The predicted molar refractivity (Wildman–Crippen MR) is 58.2 cm³/mol. The molecule has 6 nitrogen and oxygen atoms in total. The molecule has 0 fully saturated rings. The molecular weight excluding hydrogens is 228 g/mol. The van der Waals surface area contributed by atoms with Gasteiger partial charge in [-0.1, -0.05) is 0 Å². The molecule has 0 aliphatic rings. The van der Waals surface area contributed by atoms with Crippen LogP contribution in [0.3, 0.4) is 0 Å². The quantitative estimate of drug-likeness (QED) is 0.368. The van der Waals surface area contributed by atoms with Crippen molar-refractivity contribution in [2.24, 2.45) is 0 Å². The van der Waals surface area contributed by atoms with E-state index in [1.165, 1.54) is 0 Å². The van der Waals surface area contributed by atoms with E-state index in [4.69, 9.17) is 9.47 Å². The number of hydrogen-bond donors (Lipinski definition) is 0. The highest BCUT2D eigenvalue weighted by atomic mass is 16.8. The zero-order valence-corrected chi connectivity index (χ0v) is 10.9. The number of carbonyl (C=O) groups is 3. The van der Waals surface area contributed by atoms with Gasteiger partial charge in [-0.25, -0.2) is 14.4 Å². The molecule has 0 aliphatic heterocycles. The molecule has 17 heavy (non-hydrogen) atoms. The Labute approximate surface area is 100 Å². The molecule has 0 heterocycles. The molecule has 0 bridgehead atoms. The lowest BCUT2D eigenvalue weighted by Crippen LogP contribution is -2.33. The van der Waals surface area contributed by atoms with Gasteiger partial charge in [-0.2, -0.15) is 0 Å². The first-order valence-corrected chi connectivity index (χ1v) is 5.09. The standard InChI is InChI=1S/C11H18O6/c1-10(2,3)16-8(13)7(12)15-9(14)17-11(4,5)6/h1-6H3. The SMILES string of the molecule is CC(C)(C)OC(=O)OC(=O)C(=O)OC(C)(C)C. The Bertz CT molecular complexity index is 318. The lowest BCUT2D eigenvalue weighted by atomic mass is 10.2. The van der Waals surface area contributed by atoms with Gasteiger partial charge in [0.25, 0.3) is 0 Å². The lowest BCUT2D eigenvalue weighted by molar-refractivity contribution is -0.173. The molecule has 0 atom stereocenters. The molecule has 0 radical (unpaired) electrons. The van der Waals surface area contributed by atoms with Gasteiger partial charge in [0.15, 0.2) is 0 Å². The molecular formula is C11H18O6. The summed E-state index contributed by atoms with van der Waals surface area (Å²) < 4.78 is 13.6. The van der Waals surface area contributed by atoms with Gasteiger partial charge in [0, 0.05) is 0 Å². The average Bonchev–Trinajstić information content (AvgIpc) is 1.95. The van der Waals surface area contributed by atoms with Gasteiger partial charge in [0.05, 0.1) is 0 Å². The summed E-state index contributed by atoms with van der Waals surface area (Å²) in [5.41, 5.74) is -1.63. The highest BCUT2D eigenvalue weighted by Crippen LogP contribution is 2.10. The van der Waals surface area contributed by atoms with Crippen LogP contribution in [0.1, 0.15) is 41.5 Å². The maximum Gasteiger partial charge on any atom is 0.517 e. The zero-order chi connectivity index (χ0) is 13.9. The van der Waals surface area contributed by atoms with Gasteiger partial charge in [-0.15, -0.1) is 0 Å². The summed E-state index contributed by atoms with van der Waals surface area (Å²) in [7, 11) is 0. The highest BCUT2D eigenvalue weighted by molar-refractivity contribution is 6.31. The second-order valence-electron chi connectivity index (χ2n) is 5.36. The van der Waals surface area contributed by atoms with Crippen LogP contribution in [0.25, 0.3) is 0 Å². The Morgan fingerprint density at radius 1 is 0.706 bits per heavy atom. The van der Waals surface area contributed by atoms with Crippen molar-refractivity contribution in [2.75, 3.05) is 0 Å². The normalized spacial score (nSPS) is 11.6. The van der Waals surface area contributed by atoms with Gasteiger partial charge in [-0.05, 0) is 41.5 Å². The van der Waals surface area contributed by atoms with Crippen molar-refractivity contribution < 1.29 is 28.6 Å². The van der Waals surface area contributed by atoms with E-state index in [-0.39, 0.29) is 0 Å². The van der Waals surface area contributed by atoms with Crippen LogP contribution < -0.4 is 0 Å². The van der Waals surface area contributed by atoms with Crippen LogP contribution in [0.5, 0.6) is 0 Å². The first-order chi connectivity index (χ1) is 7.41. The first-order valence-electron chi connectivity index (χ1n) is 5.09. The van der Waals surface area contributed by atoms with Crippen molar-refractivity contribution >= 4 is 18.1 Å². The summed E-state index contributed by atoms with van der Waals surface area (Å²) in [4.78, 5) is 33.3. The van der Waals surface area contributed by atoms with Crippen LogP contribution in [-0.4, -0.2) is 29.3 Å². The average molecular weight is 246 g/mol. The minimum absolute atomic E-state index is 0.800. The van der Waals surface area contributed by atoms with Crippen molar-refractivity contribution in [3.8, 4) is 0 Å². The van der Waals surface area contributed by atoms with Crippen molar-refractivity contribution in [1.82, 2.24) is 0 Å². The van der Waals surface area contributed by atoms with E-state index in [9.17, 15) is 14.4 Å². The van der Waals surface area contributed by atoms with E-state index in [2.05, 4.69) is 4.74 Å². The Morgan fingerprint density at radius 2 is 1.12 bits per heavy atom. The number of carbonyl (C=O) groups excluding carboxylic acids is 3. The molecule has 0 aromatic heterocycles. The van der Waals surface area contributed by atoms with Crippen LogP contribution in [0.2, 0.25) is 0 Å². The maximum atomic E-state index is 11.2. The largest absolute Gasteiger partial charge is 0.517 e. The third kappa shape index (κ3) is 8.24. The molecule has 0 saturated heterocycles. The summed E-state index contributed by atoms with van der Waals surface area (Å²) in [5.74, 6) is -2.63. The van der Waals surface area contributed by atoms with Crippen molar-refractivity contribution in [3.63, 3.8) is 0 Å². The topological polar surface area (TPSA) is 78.9 Å². The van der Waals surface area contributed by atoms with Crippen LogP contribution >= 0.6 is 0 Å². The van der Waals surface area contributed by atoms with Gasteiger partial charge < -0.3 is 14.2 Å². The fourth-order valence-electron chi connectivity index (χ4n) is 0.708. The molecule has 6 heteroatoms. The maximum absolute atomic E-state index is 11.2. The predicted octanol–water partition coefficient (Wildman–Crippen LogP) is 1.81. The molecule has 0 saturated carbocycles. The van der Waals surface area contributed by atoms with Crippen molar-refractivity contribution in [3.05, 3.63) is 0 Å². The molecule has 0 aromatic carbocycles. The van der Waals surface area contributed by atoms with Crippen LogP contribution in [-0.2, 0) is 23.8 Å². The van der Waals surface area contributed by atoms with E-state index in [0.29, 0.717) is 0 Å². The minimum Gasteiger partial charge on any atom is -0.452 e. The van der Waals surface area contributed by atoms with Gasteiger partial charge in [0.1, 0.15) is 11.2 Å². The fraction of sp³-hybridized carbons (Fsp3) is 0.727. The Morgan fingerprint density at radius 3 is 1.47 bits per heavy atom. The van der Waals surface area contributed by atoms with Crippen molar-refractivity contribution in [1.29, 1.82) is 0 Å². The van der Waals surface area contributed by atoms with Crippen LogP contribution in [0.15, 0.2) is 0 Å². The Hall–Kier alpha value is -1.59. The third-order valence-electron chi connectivity index (χ3n) is 1.13. The number of ether oxygens (including phenoxy) is 3. The summed E-state index contributed by atoms with van der Waals surface area (Å²) in [5, 5.41) is 0. The summed E-state index contributed by atoms with van der Waals surface area (Å²) in [6.45, 7) is 9.58. The number of esters is 2. The third-order valence-corrected chi connectivity index (χ3v) is 1.13. The molecule has 0 aromatic rings. The van der Waals surface area contributed by atoms with E-state index in [0.717, 1.165) is 0 Å². The van der Waals surface area contributed by atoms with E-state index in [1.807, 2.05) is 0 Å². The Balaban J connectivity index is 4.28. The smallest absolute Gasteiger partial charge is 0.452 e. The second kappa shape index (κ2) is 5.16. The highest BCUT2D eigenvalue weighted by Gasteiger charge is 2.28. The number of rotatable bonds is 0. The van der Waals surface area contributed by atoms with Gasteiger partial charge >= 0.3 is 18.1 Å². The van der Waals surface area contributed by atoms with E-state index >= 15 is 0 Å². The monoisotopic (exact) mass is 246 g/mol. The molecule has 0 aliphatic carbocycles. The zero-order valence-electron chi connectivity index (χ0n) is 10.9. The Kier molecular flexibility index (Phi) is 4.68. The first kappa shape index (κ1) is 15.4. The fourth-order valence-corrected chi connectivity index (χ4v) is 0.708. The summed E-state index contributed by atoms with van der Waals surface area (Å²) in [6, 6.07) is 0. The second-order valence-corrected chi connectivity index (χ2v) is 5.36. The van der Waals surface area contributed by atoms with E-state index < -0.39 is 29.3 Å². The molecule has 0 amide bonds.